The number of nitrogens with one attached hydrogen (secondary N) is 1. The van der Waals surface area contributed by atoms with E-state index in [1.54, 1.807) is 27.3 Å². The molecule has 0 radical (unpaired) electrons. The molecule has 0 saturated heterocycles. The Morgan fingerprint density at radius 2 is 1.89 bits per heavy atom. The normalized spacial score (nSPS) is 11.3. The first-order valence-corrected chi connectivity index (χ1v) is 8.29. The molecule has 9 heteroatoms. The van der Waals surface area contributed by atoms with Crippen LogP contribution in [0.2, 0.25) is 0 Å². The third kappa shape index (κ3) is 4.14. The number of benzene rings is 1. The molecule has 3 rings (SSSR count). The number of hydrogen-bond acceptors (Lipinski definition) is 8. The average Bonchev–Trinajstić information content (AvgIpc) is 3.06. The SMILES string of the molecule is COc1nc(Nc2ccc(-n3cnc(C)c3)c(OC)c2)nc(C(C)(C)O)n1. The van der Waals surface area contributed by atoms with Gasteiger partial charge in [0.2, 0.25) is 5.95 Å². The van der Waals surface area contributed by atoms with E-state index in [9.17, 15) is 5.11 Å². The molecule has 0 unspecified atom stereocenters. The van der Waals surface area contributed by atoms with Crippen molar-refractivity contribution in [3.8, 4) is 17.4 Å². The molecule has 0 fully saturated rings. The zero-order chi connectivity index (χ0) is 19.6. The highest BCUT2D eigenvalue weighted by molar-refractivity contribution is 5.62. The maximum absolute atomic E-state index is 10.2. The van der Waals surface area contributed by atoms with Crippen molar-refractivity contribution in [2.45, 2.75) is 26.4 Å². The van der Waals surface area contributed by atoms with Crippen molar-refractivity contribution < 1.29 is 14.6 Å². The molecule has 0 spiro atoms. The fourth-order valence-electron chi connectivity index (χ4n) is 2.43. The van der Waals surface area contributed by atoms with Gasteiger partial charge in [0.15, 0.2) is 5.82 Å². The van der Waals surface area contributed by atoms with Crippen molar-refractivity contribution in [1.82, 2.24) is 24.5 Å². The first-order valence-electron chi connectivity index (χ1n) is 8.29. The van der Waals surface area contributed by atoms with Gasteiger partial charge in [-0.25, -0.2) is 4.98 Å². The molecule has 0 atom stereocenters. The molecule has 0 aliphatic rings. The van der Waals surface area contributed by atoms with Crippen LogP contribution in [0.5, 0.6) is 11.8 Å². The van der Waals surface area contributed by atoms with Crippen LogP contribution in [0.15, 0.2) is 30.7 Å². The summed E-state index contributed by atoms with van der Waals surface area (Å²) in [4.78, 5) is 16.8. The van der Waals surface area contributed by atoms with E-state index in [1.807, 2.05) is 35.9 Å². The van der Waals surface area contributed by atoms with Crippen LogP contribution in [0.1, 0.15) is 25.4 Å². The Kier molecular flexibility index (Phi) is 4.95. The summed E-state index contributed by atoms with van der Waals surface area (Å²) in [7, 11) is 3.06. The van der Waals surface area contributed by atoms with E-state index in [1.165, 1.54) is 7.11 Å². The van der Waals surface area contributed by atoms with Crippen LogP contribution in [0.3, 0.4) is 0 Å². The lowest BCUT2D eigenvalue weighted by Gasteiger charge is -2.17. The van der Waals surface area contributed by atoms with Crippen molar-refractivity contribution >= 4 is 11.6 Å². The number of aliphatic hydroxyl groups is 1. The Balaban J connectivity index is 1.94. The second-order valence-electron chi connectivity index (χ2n) is 6.46. The second-order valence-corrected chi connectivity index (χ2v) is 6.46. The van der Waals surface area contributed by atoms with Crippen LogP contribution >= 0.6 is 0 Å². The third-order valence-electron chi connectivity index (χ3n) is 3.77. The number of imidazole rings is 1. The smallest absolute Gasteiger partial charge is 0.321 e. The van der Waals surface area contributed by atoms with Gasteiger partial charge in [-0.15, -0.1) is 0 Å². The highest BCUT2D eigenvalue weighted by Gasteiger charge is 2.22. The molecule has 142 valence electrons. The number of ether oxygens (including phenoxy) is 2. The molecule has 2 aromatic heterocycles. The number of methoxy groups -OCH3 is 2. The first-order chi connectivity index (χ1) is 12.8. The van der Waals surface area contributed by atoms with Crippen molar-refractivity contribution in [1.29, 1.82) is 0 Å². The zero-order valence-corrected chi connectivity index (χ0v) is 15.9. The molecule has 3 aromatic rings. The minimum Gasteiger partial charge on any atom is -0.494 e. The van der Waals surface area contributed by atoms with Gasteiger partial charge in [-0.3, -0.25) is 0 Å². The van der Waals surface area contributed by atoms with E-state index >= 15 is 0 Å². The van der Waals surface area contributed by atoms with E-state index in [4.69, 9.17) is 9.47 Å². The molecule has 2 heterocycles. The van der Waals surface area contributed by atoms with Gasteiger partial charge in [-0.1, -0.05) is 0 Å². The number of hydrogen-bond donors (Lipinski definition) is 2. The van der Waals surface area contributed by atoms with Gasteiger partial charge in [0, 0.05) is 18.0 Å². The van der Waals surface area contributed by atoms with Gasteiger partial charge < -0.3 is 24.5 Å². The fraction of sp³-hybridized carbons (Fsp3) is 0.333. The topological polar surface area (TPSA) is 107 Å². The minimum atomic E-state index is -1.23. The molecule has 0 amide bonds. The minimum absolute atomic E-state index is 0.113. The van der Waals surface area contributed by atoms with E-state index in [0.29, 0.717) is 11.4 Å². The number of aryl methyl sites for hydroxylation is 1. The molecule has 0 bridgehead atoms. The fourth-order valence-corrected chi connectivity index (χ4v) is 2.43. The number of nitrogens with zero attached hydrogens (tertiary/aromatic N) is 5. The van der Waals surface area contributed by atoms with Crippen LogP contribution in [0.25, 0.3) is 5.69 Å². The molecular formula is C18H22N6O3. The van der Waals surface area contributed by atoms with E-state index in [2.05, 4.69) is 25.3 Å². The maximum atomic E-state index is 10.2. The molecule has 0 saturated carbocycles. The summed E-state index contributed by atoms with van der Waals surface area (Å²) in [6.07, 6.45) is 3.64. The Bertz CT molecular complexity index is 949. The number of aromatic nitrogens is 5. The van der Waals surface area contributed by atoms with Crippen molar-refractivity contribution in [3.63, 3.8) is 0 Å². The van der Waals surface area contributed by atoms with Crippen molar-refractivity contribution in [2.24, 2.45) is 0 Å². The Hall–Kier alpha value is -3.20. The maximum Gasteiger partial charge on any atom is 0.321 e. The lowest BCUT2D eigenvalue weighted by molar-refractivity contribution is 0.0677. The monoisotopic (exact) mass is 370 g/mol. The third-order valence-corrected chi connectivity index (χ3v) is 3.77. The van der Waals surface area contributed by atoms with Gasteiger partial charge >= 0.3 is 6.01 Å². The Morgan fingerprint density at radius 1 is 1.11 bits per heavy atom. The van der Waals surface area contributed by atoms with E-state index in [-0.39, 0.29) is 17.8 Å². The summed E-state index contributed by atoms with van der Waals surface area (Å²) in [5.74, 6) is 1.11. The lowest BCUT2D eigenvalue weighted by Crippen LogP contribution is -2.21. The van der Waals surface area contributed by atoms with E-state index in [0.717, 1.165) is 11.4 Å². The molecule has 0 aliphatic heterocycles. The van der Waals surface area contributed by atoms with Crippen LogP contribution in [0, 0.1) is 6.92 Å². The summed E-state index contributed by atoms with van der Waals surface area (Å²) in [6.45, 7) is 5.11. The molecule has 27 heavy (non-hydrogen) atoms. The van der Waals surface area contributed by atoms with Crippen molar-refractivity contribution in [2.75, 3.05) is 19.5 Å². The van der Waals surface area contributed by atoms with Crippen LogP contribution in [-0.4, -0.2) is 43.8 Å². The molecule has 9 nitrogen and oxygen atoms in total. The van der Waals surface area contributed by atoms with Crippen LogP contribution in [0.4, 0.5) is 11.6 Å². The van der Waals surface area contributed by atoms with Gasteiger partial charge in [-0.2, -0.15) is 15.0 Å². The highest BCUT2D eigenvalue weighted by Crippen LogP contribution is 2.28. The second kappa shape index (κ2) is 7.20. The first kappa shape index (κ1) is 18.6. The van der Waals surface area contributed by atoms with Gasteiger partial charge in [0.05, 0.1) is 31.9 Å². The predicted octanol–water partition coefficient (Wildman–Crippen LogP) is 2.35. The summed E-state index contributed by atoms with van der Waals surface area (Å²) in [6, 6.07) is 5.71. The highest BCUT2D eigenvalue weighted by atomic mass is 16.5. The zero-order valence-electron chi connectivity index (χ0n) is 15.9. The van der Waals surface area contributed by atoms with E-state index < -0.39 is 5.60 Å². The largest absolute Gasteiger partial charge is 0.494 e. The average molecular weight is 370 g/mol. The summed E-state index contributed by atoms with van der Waals surface area (Å²) in [5, 5.41) is 13.3. The van der Waals surface area contributed by atoms with Crippen LogP contribution < -0.4 is 14.8 Å². The molecule has 0 aliphatic carbocycles. The summed E-state index contributed by atoms with van der Waals surface area (Å²) in [5.41, 5.74) is 1.25. The van der Waals surface area contributed by atoms with Gasteiger partial charge in [0.25, 0.3) is 0 Å². The van der Waals surface area contributed by atoms with Crippen LogP contribution in [-0.2, 0) is 5.60 Å². The Morgan fingerprint density at radius 3 is 2.48 bits per heavy atom. The summed E-state index contributed by atoms with van der Waals surface area (Å²) < 4.78 is 12.5. The molecule has 1 aromatic carbocycles. The quantitative estimate of drug-likeness (QED) is 0.681. The number of rotatable bonds is 6. The lowest BCUT2D eigenvalue weighted by atomic mass is 10.1. The van der Waals surface area contributed by atoms with Gasteiger partial charge in [-0.05, 0) is 32.9 Å². The standard InChI is InChI=1S/C18H22N6O3/c1-11-9-24(10-19-11)13-7-6-12(8-14(13)26-4)20-16-21-15(18(2,3)25)22-17(23-16)27-5/h6-10,25H,1-5H3,(H,20,21,22,23). The van der Waals surface area contributed by atoms with Gasteiger partial charge in [0.1, 0.15) is 11.4 Å². The molecular weight excluding hydrogens is 348 g/mol. The predicted molar refractivity (Wildman–Crippen MR) is 99.8 cm³/mol. The number of anilines is 2. The Labute approximate surface area is 157 Å². The van der Waals surface area contributed by atoms with Crippen molar-refractivity contribution in [3.05, 3.63) is 42.2 Å². The molecule has 2 N–H and O–H groups in total. The summed E-state index contributed by atoms with van der Waals surface area (Å²) >= 11 is 0.